The van der Waals surface area contributed by atoms with E-state index in [1.807, 2.05) is 29.1 Å². The van der Waals surface area contributed by atoms with Gasteiger partial charge in [0.2, 0.25) is 0 Å². The molecule has 0 atom stereocenters. The molecule has 0 bridgehead atoms. The third-order valence-corrected chi connectivity index (χ3v) is 4.17. The van der Waals surface area contributed by atoms with Crippen LogP contribution in [0.15, 0.2) is 42.7 Å². The van der Waals surface area contributed by atoms with Crippen molar-refractivity contribution in [2.75, 3.05) is 0 Å². The Kier molecular flexibility index (Phi) is 3.38. The van der Waals surface area contributed by atoms with Gasteiger partial charge in [-0.25, -0.2) is 4.68 Å². The zero-order chi connectivity index (χ0) is 13.1. The fraction of sp³-hybridized carbons (Fsp3) is 0.438. The maximum atomic E-state index is 6.62. The van der Waals surface area contributed by atoms with Crippen molar-refractivity contribution in [3.8, 4) is 5.69 Å². The van der Waals surface area contributed by atoms with Crippen molar-refractivity contribution in [3.05, 3.63) is 48.3 Å². The van der Waals surface area contributed by atoms with Crippen molar-refractivity contribution >= 4 is 0 Å². The monoisotopic (exact) mass is 255 g/mol. The van der Waals surface area contributed by atoms with Gasteiger partial charge in [-0.05, 0) is 25.0 Å². The highest BCUT2D eigenvalue weighted by molar-refractivity contribution is 5.32. The molecule has 3 heteroatoms. The van der Waals surface area contributed by atoms with Crippen molar-refractivity contribution in [3.63, 3.8) is 0 Å². The summed E-state index contributed by atoms with van der Waals surface area (Å²) in [6.07, 6.45) is 11.3. The number of rotatable bonds is 2. The SMILES string of the molecule is NC1(c2cnn(-c3ccccc3)c2)CCCCCC1. The lowest BCUT2D eigenvalue weighted by molar-refractivity contribution is 0.385. The molecule has 0 unspecified atom stereocenters. The molecule has 1 fully saturated rings. The highest BCUT2D eigenvalue weighted by Gasteiger charge is 2.29. The highest BCUT2D eigenvalue weighted by Crippen LogP contribution is 2.33. The molecule has 1 aromatic carbocycles. The van der Waals surface area contributed by atoms with Crippen molar-refractivity contribution in [2.45, 2.75) is 44.1 Å². The lowest BCUT2D eigenvalue weighted by Crippen LogP contribution is -2.35. The van der Waals surface area contributed by atoms with Gasteiger partial charge in [0.15, 0.2) is 0 Å². The Morgan fingerprint density at radius 3 is 2.37 bits per heavy atom. The molecule has 0 radical (unpaired) electrons. The summed E-state index contributed by atoms with van der Waals surface area (Å²) in [6, 6.07) is 10.2. The average Bonchev–Trinajstić information content (AvgIpc) is 2.85. The van der Waals surface area contributed by atoms with Crippen molar-refractivity contribution < 1.29 is 0 Å². The van der Waals surface area contributed by atoms with Crippen LogP contribution in [0.1, 0.15) is 44.1 Å². The van der Waals surface area contributed by atoms with Gasteiger partial charge >= 0.3 is 0 Å². The van der Waals surface area contributed by atoms with Crippen LogP contribution in [-0.2, 0) is 5.54 Å². The number of para-hydroxylation sites is 1. The molecule has 0 aliphatic heterocycles. The lowest BCUT2D eigenvalue weighted by Gasteiger charge is -2.26. The van der Waals surface area contributed by atoms with Crippen molar-refractivity contribution in [2.24, 2.45) is 5.73 Å². The summed E-state index contributed by atoms with van der Waals surface area (Å²) in [7, 11) is 0. The van der Waals surface area contributed by atoms with E-state index in [9.17, 15) is 0 Å². The molecule has 2 N–H and O–H groups in total. The number of benzene rings is 1. The van der Waals surface area contributed by atoms with Gasteiger partial charge in [0, 0.05) is 17.3 Å². The summed E-state index contributed by atoms with van der Waals surface area (Å²) >= 11 is 0. The molecule has 0 saturated heterocycles. The Morgan fingerprint density at radius 1 is 1.00 bits per heavy atom. The number of nitrogens with zero attached hydrogens (tertiary/aromatic N) is 2. The Bertz CT molecular complexity index is 522. The lowest BCUT2D eigenvalue weighted by atomic mass is 9.86. The van der Waals surface area contributed by atoms with E-state index in [-0.39, 0.29) is 5.54 Å². The molecule has 1 heterocycles. The Labute approximate surface area is 114 Å². The van der Waals surface area contributed by atoms with E-state index >= 15 is 0 Å². The molecular formula is C16H21N3. The molecule has 0 amide bonds. The number of aromatic nitrogens is 2. The van der Waals surface area contributed by atoms with Crippen LogP contribution in [0.5, 0.6) is 0 Å². The summed E-state index contributed by atoms with van der Waals surface area (Å²) in [5.74, 6) is 0. The maximum Gasteiger partial charge on any atom is 0.0645 e. The van der Waals surface area contributed by atoms with E-state index < -0.39 is 0 Å². The van der Waals surface area contributed by atoms with Gasteiger partial charge in [0.25, 0.3) is 0 Å². The molecule has 100 valence electrons. The quantitative estimate of drug-likeness (QED) is 0.836. The zero-order valence-electron chi connectivity index (χ0n) is 11.3. The van der Waals surface area contributed by atoms with Crippen molar-refractivity contribution in [1.29, 1.82) is 0 Å². The molecule has 2 aromatic rings. The van der Waals surface area contributed by atoms with Gasteiger partial charge in [-0.1, -0.05) is 43.9 Å². The van der Waals surface area contributed by atoms with E-state index in [4.69, 9.17) is 5.73 Å². The predicted octanol–water partition coefficient (Wildman–Crippen LogP) is 3.38. The molecule has 19 heavy (non-hydrogen) atoms. The first-order chi connectivity index (χ1) is 9.28. The Hall–Kier alpha value is -1.61. The zero-order valence-corrected chi connectivity index (χ0v) is 11.3. The number of hydrogen-bond donors (Lipinski definition) is 1. The second kappa shape index (κ2) is 5.17. The largest absolute Gasteiger partial charge is 0.321 e. The number of hydrogen-bond acceptors (Lipinski definition) is 2. The molecule has 1 saturated carbocycles. The smallest absolute Gasteiger partial charge is 0.0645 e. The minimum atomic E-state index is -0.177. The first-order valence-electron chi connectivity index (χ1n) is 7.17. The summed E-state index contributed by atoms with van der Waals surface area (Å²) in [5.41, 5.74) is 8.71. The summed E-state index contributed by atoms with van der Waals surface area (Å²) < 4.78 is 1.93. The van der Waals surface area contributed by atoms with E-state index in [0.717, 1.165) is 18.5 Å². The van der Waals surface area contributed by atoms with Gasteiger partial charge in [-0.2, -0.15) is 5.10 Å². The minimum absolute atomic E-state index is 0.177. The van der Waals surface area contributed by atoms with Crippen LogP contribution in [0.4, 0.5) is 0 Å². The first kappa shape index (κ1) is 12.4. The van der Waals surface area contributed by atoms with Crippen LogP contribution in [0.25, 0.3) is 5.69 Å². The predicted molar refractivity (Wildman–Crippen MR) is 77.1 cm³/mol. The van der Waals surface area contributed by atoms with E-state index in [1.165, 1.54) is 31.2 Å². The molecule has 0 spiro atoms. The van der Waals surface area contributed by atoms with Gasteiger partial charge < -0.3 is 5.73 Å². The molecular weight excluding hydrogens is 234 g/mol. The van der Waals surface area contributed by atoms with Crippen LogP contribution < -0.4 is 5.73 Å². The maximum absolute atomic E-state index is 6.62. The fourth-order valence-electron chi connectivity index (χ4n) is 2.95. The number of nitrogens with two attached hydrogens (primary N) is 1. The Balaban J connectivity index is 1.88. The normalized spacial score (nSPS) is 19.0. The average molecular weight is 255 g/mol. The fourth-order valence-corrected chi connectivity index (χ4v) is 2.95. The van der Waals surface area contributed by atoms with Crippen molar-refractivity contribution in [1.82, 2.24) is 9.78 Å². The molecule has 1 aromatic heterocycles. The van der Waals surface area contributed by atoms with Crippen LogP contribution >= 0.6 is 0 Å². The Morgan fingerprint density at radius 2 is 1.68 bits per heavy atom. The van der Waals surface area contributed by atoms with Crippen LogP contribution in [0, 0.1) is 0 Å². The van der Waals surface area contributed by atoms with Crippen LogP contribution in [0.3, 0.4) is 0 Å². The summed E-state index contributed by atoms with van der Waals surface area (Å²) in [5, 5.41) is 4.47. The van der Waals surface area contributed by atoms with Crippen LogP contribution in [0.2, 0.25) is 0 Å². The minimum Gasteiger partial charge on any atom is -0.321 e. The highest BCUT2D eigenvalue weighted by atomic mass is 15.3. The van der Waals surface area contributed by atoms with E-state index in [1.54, 1.807) is 0 Å². The first-order valence-corrected chi connectivity index (χ1v) is 7.17. The van der Waals surface area contributed by atoms with Gasteiger partial charge in [0.1, 0.15) is 0 Å². The topological polar surface area (TPSA) is 43.8 Å². The molecule has 3 rings (SSSR count). The van der Waals surface area contributed by atoms with E-state index in [2.05, 4.69) is 23.4 Å². The second-order valence-electron chi connectivity index (χ2n) is 5.58. The molecule has 1 aliphatic carbocycles. The molecule has 3 nitrogen and oxygen atoms in total. The third-order valence-electron chi connectivity index (χ3n) is 4.17. The second-order valence-corrected chi connectivity index (χ2v) is 5.58. The van der Waals surface area contributed by atoms with Crippen LogP contribution in [-0.4, -0.2) is 9.78 Å². The van der Waals surface area contributed by atoms with Gasteiger partial charge in [-0.3, -0.25) is 0 Å². The summed E-state index contributed by atoms with van der Waals surface area (Å²) in [6.45, 7) is 0. The standard InChI is InChI=1S/C16H21N3/c17-16(10-6-1-2-7-11-16)14-12-18-19(13-14)15-8-4-3-5-9-15/h3-5,8-9,12-13H,1-2,6-7,10-11,17H2. The molecule has 1 aliphatic rings. The third kappa shape index (κ3) is 2.56. The summed E-state index contributed by atoms with van der Waals surface area (Å²) in [4.78, 5) is 0. The van der Waals surface area contributed by atoms with E-state index in [0.29, 0.717) is 0 Å². The van der Waals surface area contributed by atoms with Gasteiger partial charge in [0.05, 0.1) is 11.9 Å². The van der Waals surface area contributed by atoms with Gasteiger partial charge in [-0.15, -0.1) is 0 Å².